The lowest BCUT2D eigenvalue weighted by molar-refractivity contribution is -0.126. The second-order valence-corrected chi connectivity index (χ2v) is 10.9. The van der Waals surface area contributed by atoms with Crippen molar-refractivity contribution in [3.05, 3.63) is 46.2 Å². The summed E-state index contributed by atoms with van der Waals surface area (Å²) >= 11 is 1.56. The van der Waals surface area contributed by atoms with E-state index in [9.17, 15) is 18.0 Å². The lowest BCUT2D eigenvalue weighted by Gasteiger charge is -2.26. The number of fused-ring (bicyclic) bond motifs is 1. The number of nitrogens with zero attached hydrogens (tertiary/aromatic N) is 2. The van der Waals surface area contributed by atoms with Gasteiger partial charge in [0.15, 0.2) is 0 Å². The van der Waals surface area contributed by atoms with Crippen LogP contribution in [0, 0.1) is 0 Å². The third-order valence-electron chi connectivity index (χ3n) is 5.88. The fourth-order valence-electron chi connectivity index (χ4n) is 4.24. The summed E-state index contributed by atoms with van der Waals surface area (Å²) in [5.74, 6) is -0.381. The molecule has 1 aromatic heterocycles. The number of thiophene rings is 1. The topological polar surface area (TPSA) is 86.8 Å². The van der Waals surface area contributed by atoms with Crippen molar-refractivity contribution in [2.24, 2.45) is 0 Å². The van der Waals surface area contributed by atoms with Crippen LogP contribution in [0.4, 0.5) is 5.69 Å². The minimum Gasteiger partial charge on any atom is -0.349 e. The Morgan fingerprint density at radius 3 is 2.61 bits per heavy atom. The molecule has 7 nitrogen and oxygen atoms in total. The van der Waals surface area contributed by atoms with E-state index in [-0.39, 0.29) is 23.1 Å². The van der Waals surface area contributed by atoms with Crippen molar-refractivity contribution in [2.75, 3.05) is 18.0 Å². The fraction of sp³-hybridized carbons (Fsp3) is 0.455. The van der Waals surface area contributed by atoms with E-state index in [0.717, 1.165) is 29.7 Å². The molecule has 0 bridgehead atoms. The van der Waals surface area contributed by atoms with Crippen molar-refractivity contribution in [2.45, 2.75) is 56.5 Å². The Balaban J connectivity index is 1.59. The van der Waals surface area contributed by atoms with Crippen LogP contribution in [-0.2, 0) is 32.6 Å². The number of benzene rings is 1. The summed E-state index contributed by atoms with van der Waals surface area (Å²) < 4.78 is 27.7. The van der Waals surface area contributed by atoms with Gasteiger partial charge in [0, 0.05) is 36.5 Å². The van der Waals surface area contributed by atoms with E-state index < -0.39 is 16.1 Å². The second-order valence-electron chi connectivity index (χ2n) is 7.89. The average molecular weight is 462 g/mol. The molecule has 166 valence electrons. The third-order valence-corrected chi connectivity index (χ3v) is 8.65. The molecule has 0 saturated carbocycles. The van der Waals surface area contributed by atoms with Crippen molar-refractivity contribution in [1.82, 2.24) is 9.62 Å². The molecular formula is C22H27N3O4S2. The van der Waals surface area contributed by atoms with Gasteiger partial charge in [-0.3, -0.25) is 14.5 Å². The van der Waals surface area contributed by atoms with E-state index in [0.29, 0.717) is 31.7 Å². The number of anilines is 1. The summed E-state index contributed by atoms with van der Waals surface area (Å²) in [5.41, 5.74) is 1.34. The van der Waals surface area contributed by atoms with Crippen LogP contribution in [0.3, 0.4) is 0 Å². The summed E-state index contributed by atoms with van der Waals surface area (Å²) in [5, 5.41) is 4.87. The SMILES string of the molecule is CCC(=O)N1c2ccc(S(=O)(=O)N3CCCCC3)cc2C[C@H]1C(=O)NCc1cccs1. The van der Waals surface area contributed by atoms with Gasteiger partial charge in [-0.2, -0.15) is 4.31 Å². The molecule has 2 aliphatic heterocycles. The molecule has 2 amide bonds. The molecule has 2 aliphatic rings. The van der Waals surface area contributed by atoms with Gasteiger partial charge in [0.05, 0.1) is 11.4 Å². The predicted octanol–water partition coefficient (Wildman–Crippen LogP) is 2.91. The quantitative estimate of drug-likeness (QED) is 0.717. The number of amides is 2. The first-order valence-electron chi connectivity index (χ1n) is 10.7. The average Bonchev–Trinajstić information content (AvgIpc) is 3.44. The zero-order chi connectivity index (χ0) is 22.0. The first-order chi connectivity index (χ1) is 14.9. The van der Waals surface area contributed by atoms with Crippen LogP contribution in [0.15, 0.2) is 40.6 Å². The molecule has 2 aromatic rings. The van der Waals surface area contributed by atoms with Crippen molar-refractivity contribution in [3.63, 3.8) is 0 Å². The number of carbonyl (C=O) groups is 2. The van der Waals surface area contributed by atoms with Gasteiger partial charge in [-0.1, -0.05) is 19.4 Å². The Labute approximate surface area is 187 Å². The highest BCUT2D eigenvalue weighted by atomic mass is 32.2. The lowest BCUT2D eigenvalue weighted by Crippen LogP contribution is -2.47. The van der Waals surface area contributed by atoms with Gasteiger partial charge in [-0.25, -0.2) is 8.42 Å². The van der Waals surface area contributed by atoms with E-state index in [2.05, 4.69) is 5.32 Å². The Kier molecular flexibility index (Phi) is 6.45. The number of piperidine rings is 1. The molecule has 1 aromatic carbocycles. The van der Waals surface area contributed by atoms with Gasteiger partial charge in [0.2, 0.25) is 21.8 Å². The summed E-state index contributed by atoms with van der Waals surface area (Å²) in [7, 11) is -3.57. The Morgan fingerprint density at radius 1 is 1.16 bits per heavy atom. The van der Waals surface area contributed by atoms with Crippen molar-refractivity contribution < 1.29 is 18.0 Å². The zero-order valence-electron chi connectivity index (χ0n) is 17.5. The number of nitrogens with one attached hydrogen (secondary N) is 1. The van der Waals surface area contributed by atoms with Gasteiger partial charge in [-0.05, 0) is 48.1 Å². The van der Waals surface area contributed by atoms with Crippen LogP contribution < -0.4 is 10.2 Å². The molecule has 4 rings (SSSR count). The van der Waals surface area contributed by atoms with Crippen LogP contribution in [0.5, 0.6) is 0 Å². The predicted molar refractivity (Wildman–Crippen MR) is 120 cm³/mol. The normalized spacial score (nSPS) is 19.3. The summed E-state index contributed by atoms with van der Waals surface area (Å²) in [6, 6.07) is 8.07. The van der Waals surface area contributed by atoms with Crippen molar-refractivity contribution in [3.8, 4) is 0 Å². The summed E-state index contributed by atoms with van der Waals surface area (Å²) in [6.07, 6.45) is 3.36. The molecule has 1 saturated heterocycles. The minimum atomic E-state index is -3.57. The van der Waals surface area contributed by atoms with E-state index in [1.165, 1.54) is 9.21 Å². The molecule has 9 heteroatoms. The minimum absolute atomic E-state index is 0.151. The summed E-state index contributed by atoms with van der Waals surface area (Å²) in [4.78, 5) is 28.4. The standard InChI is InChI=1S/C22H27N3O4S2/c1-2-21(26)25-19-9-8-18(31(28,29)24-10-4-3-5-11-24)13-16(19)14-20(25)22(27)23-15-17-7-6-12-30-17/h6-9,12-13,20H,2-5,10-11,14-15H2,1H3,(H,23,27)/t20-/m0/s1. The highest BCUT2D eigenvalue weighted by Crippen LogP contribution is 2.35. The highest BCUT2D eigenvalue weighted by Gasteiger charge is 2.38. The molecule has 1 fully saturated rings. The maximum atomic E-state index is 13.1. The van der Waals surface area contributed by atoms with Crippen LogP contribution in [0.25, 0.3) is 0 Å². The van der Waals surface area contributed by atoms with E-state index >= 15 is 0 Å². The number of carbonyl (C=O) groups excluding carboxylic acids is 2. The Hall–Kier alpha value is -2.23. The molecule has 31 heavy (non-hydrogen) atoms. The molecule has 3 heterocycles. The monoisotopic (exact) mass is 461 g/mol. The largest absolute Gasteiger partial charge is 0.349 e. The number of hydrogen-bond donors (Lipinski definition) is 1. The van der Waals surface area contributed by atoms with E-state index in [1.807, 2.05) is 17.5 Å². The maximum absolute atomic E-state index is 13.1. The number of rotatable bonds is 6. The lowest BCUT2D eigenvalue weighted by atomic mass is 10.1. The zero-order valence-corrected chi connectivity index (χ0v) is 19.2. The van der Waals surface area contributed by atoms with Gasteiger partial charge in [-0.15, -0.1) is 11.3 Å². The molecule has 1 atom stereocenters. The van der Waals surface area contributed by atoms with Crippen LogP contribution in [0.2, 0.25) is 0 Å². The maximum Gasteiger partial charge on any atom is 0.243 e. The first kappa shape index (κ1) is 22.0. The molecule has 0 radical (unpaired) electrons. The molecule has 1 N–H and O–H groups in total. The van der Waals surface area contributed by atoms with Crippen molar-refractivity contribution in [1.29, 1.82) is 0 Å². The Bertz CT molecular complexity index is 1060. The third kappa shape index (κ3) is 4.40. The fourth-order valence-corrected chi connectivity index (χ4v) is 6.45. The Morgan fingerprint density at radius 2 is 1.94 bits per heavy atom. The van der Waals surface area contributed by atoms with Crippen LogP contribution >= 0.6 is 11.3 Å². The number of sulfonamides is 1. The van der Waals surface area contributed by atoms with Gasteiger partial charge < -0.3 is 5.32 Å². The van der Waals surface area contributed by atoms with E-state index in [4.69, 9.17) is 0 Å². The van der Waals surface area contributed by atoms with Gasteiger partial charge >= 0.3 is 0 Å². The number of hydrogen-bond acceptors (Lipinski definition) is 5. The van der Waals surface area contributed by atoms with Crippen LogP contribution in [0.1, 0.15) is 43.0 Å². The van der Waals surface area contributed by atoms with E-state index in [1.54, 1.807) is 36.5 Å². The van der Waals surface area contributed by atoms with Crippen molar-refractivity contribution >= 4 is 38.9 Å². The molecule has 0 aliphatic carbocycles. The van der Waals surface area contributed by atoms with Gasteiger partial charge in [0.1, 0.15) is 6.04 Å². The second kappa shape index (κ2) is 9.10. The first-order valence-corrected chi connectivity index (χ1v) is 13.0. The van der Waals surface area contributed by atoms with Gasteiger partial charge in [0.25, 0.3) is 0 Å². The molecule has 0 unspecified atom stereocenters. The summed E-state index contributed by atoms with van der Waals surface area (Å²) in [6.45, 7) is 3.24. The van der Waals surface area contributed by atoms with Crippen LogP contribution in [-0.4, -0.2) is 43.7 Å². The molecule has 0 spiro atoms. The molecular weight excluding hydrogens is 434 g/mol. The highest BCUT2D eigenvalue weighted by molar-refractivity contribution is 7.89. The smallest absolute Gasteiger partial charge is 0.243 e.